The van der Waals surface area contributed by atoms with Crippen molar-refractivity contribution in [1.82, 2.24) is 9.80 Å². The number of nitrogens with zero attached hydrogens (tertiary/aromatic N) is 2. The first-order chi connectivity index (χ1) is 15.5. The zero-order chi connectivity index (χ0) is 22.5. The average molecular weight is 434 g/mol. The number of carbonyl (C=O) groups is 2. The number of anilines is 1. The van der Waals surface area contributed by atoms with Crippen LogP contribution in [0.3, 0.4) is 0 Å². The minimum atomic E-state index is 0.000443. The van der Waals surface area contributed by atoms with Crippen molar-refractivity contribution in [2.24, 2.45) is 0 Å². The molecule has 0 radical (unpaired) electrons. The monoisotopic (exact) mass is 433 g/mol. The number of piperazine rings is 1. The van der Waals surface area contributed by atoms with Gasteiger partial charge in [0.25, 0.3) is 5.91 Å². The van der Waals surface area contributed by atoms with Gasteiger partial charge in [0, 0.05) is 37.4 Å². The number of hydrogen-bond acceptors (Lipinski definition) is 3. The Morgan fingerprint density at radius 3 is 2.12 bits per heavy atom. The third kappa shape index (κ3) is 5.39. The van der Waals surface area contributed by atoms with Crippen LogP contribution in [0.2, 0.25) is 0 Å². The van der Waals surface area contributed by atoms with Gasteiger partial charge in [0.05, 0.1) is 6.54 Å². The first-order valence-electron chi connectivity index (χ1n) is 12.0. The van der Waals surface area contributed by atoms with Crippen LogP contribution < -0.4 is 5.32 Å². The molecular weight excluding hydrogens is 398 g/mol. The molecule has 0 bridgehead atoms. The molecule has 1 aliphatic carbocycles. The second-order valence-corrected chi connectivity index (χ2v) is 9.34. The van der Waals surface area contributed by atoms with Crippen molar-refractivity contribution in [2.75, 3.05) is 38.0 Å². The molecule has 0 unspecified atom stereocenters. The topological polar surface area (TPSA) is 52.7 Å². The first-order valence-corrected chi connectivity index (χ1v) is 12.0. The summed E-state index contributed by atoms with van der Waals surface area (Å²) in [5, 5.41) is 3.06. The standard InChI is InChI=1S/C27H35N3O2/c1-20-7-6-8-21(2)26(20)28-25(31)19-29-15-17-30(18-16-29)27(32)24-13-11-23(12-14-24)22-9-4-3-5-10-22/h6-8,11-14,22H,3-5,9-10,15-19H2,1-2H3,(H,28,31). The van der Waals surface area contributed by atoms with Crippen LogP contribution in [0.5, 0.6) is 0 Å². The van der Waals surface area contributed by atoms with Crippen LogP contribution in [0.4, 0.5) is 5.69 Å². The molecule has 2 fully saturated rings. The van der Waals surface area contributed by atoms with E-state index in [2.05, 4.69) is 22.3 Å². The molecule has 1 saturated heterocycles. The highest BCUT2D eigenvalue weighted by Gasteiger charge is 2.24. The van der Waals surface area contributed by atoms with E-state index in [9.17, 15) is 9.59 Å². The van der Waals surface area contributed by atoms with E-state index in [0.717, 1.165) is 22.4 Å². The van der Waals surface area contributed by atoms with E-state index >= 15 is 0 Å². The third-order valence-corrected chi connectivity index (χ3v) is 7.01. The number of amides is 2. The van der Waals surface area contributed by atoms with Gasteiger partial charge in [-0.1, -0.05) is 49.6 Å². The second kappa shape index (κ2) is 10.3. The summed E-state index contributed by atoms with van der Waals surface area (Å²) in [6.45, 7) is 7.10. The molecule has 1 N–H and O–H groups in total. The highest BCUT2D eigenvalue weighted by atomic mass is 16.2. The molecule has 2 aromatic carbocycles. The van der Waals surface area contributed by atoms with Crippen LogP contribution >= 0.6 is 0 Å². The molecule has 2 aromatic rings. The predicted molar refractivity (Wildman–Crippen MR) is 129 cm³/mol. The van der Waals surface area contributed by atoms with Crippen molar-refractivity contribution in [3.63, 3.8) is 0 Å². The number of rotatable bonds is 5. The Balaban J connectivity index is 1.27. The summed E-state index contributed by atoms with van der Waals surface area (Å²) in [5.41, 5.74) is 5.20. The normalized spacial score (nSPS) is 17.9. The summed E-state index contributed by atoms with van der Waals surface area (Å²) in [5.74, 6) is 0.756. The number of nitrogens with one attached hydrogen (secondary N) is 1. The Kier molecular flexibility index (Phi) is 7.26. The summed E-state index contributed by atoms with van der Waals surface area (Å²) < 4.78 is 0. The van der Waals surface area contributed by atoms with Crippen LogP contribution in [0.25, 0.3) is 0 Å². The Hall–Kier alpha value is -2.66. The molecule has 1 heterocycles. The molecule has 2 amide bonds. The molecule has 170 valence electrons. The van der Waals surface area contributed by atoms with Crippen molar-refractivity contribution >= 4 is 17.5 Å². The Labute approximate surface area is 191 Å². The van der Waals surface area contributed by atoms with E-state index in [4.69, 9.17) is 0 Å². The Morgan fingerprint density at radius 2 is 1.50 bits per heavy atom. The number of carbonyl (C=O) groups excluding carboxylic acids is 2. The molecular formula is C27H35N3O2. The molecule has 4 rings (SSSR count). The highest BCUT2D eigenvalue weighted by molar-refractivity contribution is 5.95. The fourth-order valence-corrected chi connectivity index (χ4v) is 5.02. The molecule has 0 aromatic heterocycles. The van der Waals surface area contributed by atoms with Crippen LogP contribution in [-0.2, 0) is 4.79 Å². The fourth-order valence-electron chi connectivity index (χ4n) is 5.02. The van der Waals surface area contributed by atoms with E-state index in [-0.39, 0.29) is 11.8 Å². The van der Waals surface area contributed by atoms with Gasteiger partial charge in [0.2, 0.25) is 5.91 Å². The van der Waals surface area contributed by atoms with Gasteiger partial charge in [-0.15, -0.1) is 0 Å². The van der Waals surface area contributed by atoms with Crippen molar-refractivity contribution in [3.8, 4) is 0 Å². The van der Waals surface area contributed by atoms with E-state index in [0.29, 0.717) is 38.6 Å². The van der Waals surface area contributed by atoms with Crippen molar-refractivity contribution < 1.29 is 9.59 Å². The number of hydrogen-bond donors (Lipinski definition) is 1. The molecule has 0 atom stereocenters. The lowest BCUT2D eigenvalue weighted by Gasteiger charge is -2.34. The van der Waals surface area contributed by atoms with Crippen molar-refractivity contribution in [2.45, 2.75) is 51.9 Å². The summed E-state index contributed by atoms with van der Waals surface area (Å²) in [7, 11) is 0. The zero-order valence-corrected chi connectivity index (χ0v) is 19.4. The molecule has 0 spiro atoms. The zero-order valence-electron chi connectivity index (χ0n) is 19.4. The van der Waals surface area contributed by atoms with Gasteiger partial charge in [0.15, 0.2) is 0 Å². The van der Waals surface area contributed by atoms with Crippen molar-refractivity contribution in [1.29, 1.82) is 0 Å². The summed E-state index contributed by atoms with van der Waals surface area (Å²) >= 11 is 0. The highest BCUT2D eigenvalue weighted by Crippen LogP contribution is 2.32. The van der Waals surface area contributed by atoms with Gasteiger partial charge >= 0.3 is 0 Å². The summed E-state index contributed by atoms with van der Waals surface area (Å²) in [6.07, 6.45) is 6.53. The minimum Gasteiger partial charge on any atom is -0.336 e. The number of benzene rings is 2. The lowest BCUT2D eigenvalue weighted by atomic mass is 9.84. The van der Waals surface area contributed by atoms with E-state index in [1.54, 1.807) is 0 Å². The van der Waals surface area contributed by atoms with Crippen LogP contribution in [-0.4, -0.2) is 54.3 Å². The molecule has 1 saturated carbocycles. The van der Waals surface area contributed by atoms with Crippen LogP contribution in [0, 0.1) is 13.8 Å². The number of aryl methyl sites for hydroxylation is 2. The summed E-state index contributed by atoms with van der Waals surface area (Å²) in [6, 6.07) is 14.3. The maximum absolute atomic E-state index is 13.0. The van der Waals surface area contributed by atoms with Gasteiger partial charge in [-0.3, -0.25) is 14.5 Å². The minimum absolute atomic E-state index is 0.000443. The first kappa shape index (κ1) is 22.5. The smallest absolute Gasteiger partial charge is 0.253 e. The van der Waals surface area contributed by atoms with E-state index in [1.807, 2.05) is 49.1 Å². The Morgan fingerprint density at radius 1 is 0.875 bits per heavy atom. The van der Waals surface area contributed by atoms with Gasteiger partial charge in [-0.2, -0.15) is 0 Å². The quantitative estimate of drug-likeness (QED) is 0.740. The maximum Gasteiger partial charge on any atom is 0.253 e. The fraction of sp³-hybridized carbons (Fsp3) is 0.481. The van der Waals surface area contributed by atoms with Gasteiger partial charge in [-0.25, -0.2) is 0 Å². The molecule has 2 aliphatic rings. The maximum atomic E-state index is 13.0. The molecule has 5 heteroatoms. The van der Waals surface area contributed by atoms with Gasteiger partial charge in [-0.05, 0) is 61.4 Å². The van der Waals surface area contributed by atoms with Crippen molar-refractivity contribution in [3.05, 3.63) is 64.7 Å². The largest absolute Gasteiger partial charge is 0.336 e. The summed E-state index contributed by atoms with van der Waals surface area (Å²) in [4.78, 5) is 29.5. The second-order valence-electron chi connectivity index (χ2n) is 9.34. The average Bonchev–Trinajstić information content (AvgIpc) is 2.82. The SMILES string of the molecule is Cc1cccc(C)c1NC(=O)CN1CCN(C(=O)c2ccc(C3CCCCC3)cc2)CC1. The lowest BCUT2D eigenvalue weighted by molar-refractivity contribution is -0.117. The Bertz CT molecular complexity index is 920. The van der Waals surface area contributed by atoms with Gasteiger partial charge in [0.1, 0.15) is 0 Å². The van der Waals surface area contributed by atoms with Crippen LogP contribution in [0.1, 0.15) is 65.1 Å². The number of para-hydroxylation sites is 1. The van der Waals surface area contributed by atoms with E-state index in [1.165, 1.54) is 37.7 Å². The molecule has 1 aliphatic heterocycles. The predicted octanol–water partition coefficient (Wildman–Crippen LogP) is 4.75. The van der Waals surface area contributed by atoms with Crippen LogP contribution in [0.15, 0.2) is 42.5 Å². The van der Waals surface area contributed by atoms with Gasteiger partial charge < -0.3 is 10.2 Å². The molecule has 5 nitrogen and oxygen atoms in total. The molecule has 32 heavy (non-hydrogen) atoms. The third-order valence-electron chi connectivity index (χ3n) is 7.01. The van der Waals surface area contributed by atoms with E-state index < -0.39 is 0 Å². The lowest BCUT2D eigenvalue weighted by Crippen LogP contribution is -2.50.